The maximum absolute atomic E-state index is 6.13. The van der Waals surface area contributed by atoms with Crippen molar-refractivity contribution in [1.29, 1.82) is 0 Å². The Morgan fingerprint density at radius 1 is 1.35 bits per heavy atom. The van der Waals surface area contributed by atoms with Crippen LogP contribution in [0.1, 0.15) is 5.56 Å². The standard InChI is InChI=1S/C12H9BrClN3/c13-9-2-1-8-3-4-17(11(8)5-9)12-10(14)6-15-7-16-12/h1-2,5-7H,3-4H2. The summed E-state index contributed by atoms with van der Waals surface area (Å²) in [5.74, 6) is 0.776. The second-order valence-corrected chi connectivity index (χ2v) is 5.19. The smallest absolute Gasteiger partial charge is 0.155 e. The van der Waals surface area contributed by atoms with Crippen LogP contribution in [-0.2, 0) is 6.42 Å². The zero-order valence-electron chi connectivity index (χ0n) is 8.90. The molecule has 0 fully saturated rings. The van der Waals surface area contributed by atoms with Crippen molar-refractivity contribution in [3.8, 4) is 0 Å². The summed E-state index contributed by atoms with van der Waals surface area (Å²) in [4.78, 5) is 10.3. The van der Waals surface area contributed by atoms with Crippen LogP contribution >= 0.6 is 27.5 Å². The third-order valence-electron chi connectivity index (χ3n) is 2.85. The van der Waals surface area contributed by atoms with Gasteiger partial charge in [0.05, 0.1) is 6.20 Å². The van der Waals surface area contributed by atoms with Gasteiger partial charge in [0.2, 0.25) is 0 Å². The van der Waals surface area contributed by atoms with Gasteiger partial charge in [-0.2, -0.15) is 0 Å². The van der Waals surface area contributed by atoms with E-state index in [0.717, 1.165) is 23.3 Å². The summed E-state index contributed by atoms with van der Waals surface area (Å²) < 4.78 is 1.06. The van der Waals surface area contributed by atoms with Gasteiger partial charge >= 0.3 is 0 Å². The molecule has 1 aliphatic rings. The first-order valence-electron chi connectivity index (χ1n) is 5.27. The van der Waals surface area contributed by atoms with Gasteiger partial charge in [0.15, 0.2) is 5.82 Å². The predicted molar refractivity (Wildman–Crippen MR) is 71.9 cm³/mol. The average Bonchev–Trinajstić information content (AvgIpc) is 2.72. The number of benzene rings is 1. The van der Waals surface area contributed by atoms with Crippen LogP contribution in [0.15, 0.2) is 35.2 Å². The number of fused-ring (bicyclic) bond motifs is 1. The number of hydrogen-bond donors (Lipinski definition) is 0. The Kier molecular flexibility index (Phi) is 2.76. The van der Waals surface area contributed by atoms with Crippen LogP contribution in [-0.4, -0.2) is 16.5 Å². The Morgan fingerprint density at radius 3 is 3.06 bits per heavy atom. The molecule has 2 aromatic rings. The van der Waals surface area contributed by atoms with Crippen LogP contribution < -0.4 is 4.90 Å². The molecule has 17 heavy (non-hydrogen) atoms. The molecule has 0 bridgehead atoms. The van der Waals surface area contributed by atoms with Crippen molar-refractivity contribution >= 4 is 39.0 Å². The molecule has 5 heteroatoms. The van der Waals surface area contributed by atoms with E-state index in [1.54, 1.807) is 6.20 Å². The van der Waals surface area contributed by atoms with Crippen molar-refractivity contribution in [2.24, 2.45) is 0 Å². The largest absolute Gasteiger partial charge is 0.324 e. The molecule has 0 unspecified atom stereocenters. The third-order valence-corrected chi connectivity index (χ3v) is 3.61. The second-order valence-electron chi connectivity index (χ2n) is 3.87. The van der Waals surface area contributed by atoms with E-state index in [1.165, 1.54) is 17.6 Å². The van der Waals surface area contributed by atoms with Gasteiger partial charge in [0.1, 0.15) is 11.3 Å². The normalized spacial score (nSPS) is 13.9. The van der Waals surface area contributed by atoms with Gasteiger partial charge in [0, 0.05) is 16.7 Å². The highest BCUT2D eigenvalue weighted by Gasteiger charge is 2.23. The van der Waals surface area contributed by atoms with Crippen LogP contribution in [0.5, 0.6) is 0 Å². The van der Waals surface area contributed by atoms with E-state index in [-0.39, 0.29) is 0 Å². The lowest BCUT2D eigenvalue weighted by Crippen LogP contribution is -2.15. The van der Waals surface area contributed by atoms with Gasteiger partial charge in [-0.1, -0.05) is 33.6 Å². The number of nitrogens with zero attached hydrogens (tertiary/aromatic N) is 3. The molecular formula is C12H9BrClN3. The lowest BCUT2D eigenvalue weighted by molar-refractivity contribution is 0.964. The van der Waals surface area contributed by atoms with E-state index in [4.69, 9.17) is 11.6 Å². The fourth-order valence-corrected chi connectivity index (χ4v) is 2.63. The minimum atomic E-state index is 0.584. The van der Waals surface area contributed by atoms with E-state index in [9.17, 15) is 0 Å². The number of anilines is 2. The third kappa shape index (κ3) is 1.91. The van der Waals surface area contributed by atoms with Crippen molar-refractivity contribution < 1.29 is 0 Å². The van der Waals surface area contributed by atoms with Gasteiger partial charge in [0.25, 0.3) is 0 Å². The minimum Gasteiger partial charge on any atom is -0.324 e. The quantitative estimate of drug-likeness (QED) is 0.806. The number of halogens is 2. The van der Waals surface area contributed by atoms with Crippen LogP contribution in [0.4, 0.5) is 11.5 Å². The average molecular weight is 311 g/mol. The van der Waals surface area contributed by atoms with Gasteiger partial charge < -0.3 is 4.90 Å². The van der Waals surface area contributed by atoms with E-state index < -0.39 is 0 Å². The number of hydrogen-bond acceptors (Lipinski definition) is 3. The van der Waals surface area contributed by atoms with Crippen LogP contribution in [0.2, 0.25) is 5.02 Å². The molecule has 0 spiro atoms. The molecule has 1 aromatic carbocycles. The Balaban J connectivity index is 2.10. The molecule has 0 amide bonds. The fourth-order valence-electron chi connectivity index (χ4n) is 2.08. The molecule has 0 aliphatic carbocycles. The maximum Gasteiger partial charge on any atom is 0.155 e. The Labute approximate surface area is 113 Å². The summed E-state index contributed by atoms with van der Waals surface area (Å²) in [7, 11) is 0. The van der Waals surface area contributed by atoms with Crippen LogP contribution in [0, 0.1) is 0 Å². The lowest BCUT2D eigenvalue weighted by Gasteiger charge is -2.19. The molecule has 0 saturated carbocycles. The summed E-state index contributed by atoms with van der Waals surface area (Å²) >= 11 is 9.62. The van der Waals surface area contributed by atoms with Crippen LogP contribution in [0.25, 0.3) is 0 Å². The molecule has 1 aliphatic heterocycles. The molecule has 0 radical (unpaired) electrons. The Bertz CT molecular complexity index is 573. The first-order valence-corrected chi connectivity index (χ1v) is 6.44. The molecule has 0 saturated heterocycles. The molecule has 3 rings (SSSR count). The minimum absolute atomic E-state index is 0.584. The van der Waals surface area contributed by atoms with Crippen molar-refractivity contribution in [3.63, 3.8) is 0 Å². The molecule has 3 nitrogen and oxygen atoms in total. The molecule has 1 aromatic heterocycles. The predicted octanol–water partition coefficient (Wildman–Crippen LogP) is 3.59. The summed E-state index contributed by atoms with van der Waals surface area (Å²) in [6.45, 7) is 0.905. The molecule has 0 atom stereocenters. The van der Waals surface area contributed by atoms with Gasteiger partial charge in [-0.3, -0.25) is 0 Å². The zero-order valence-corrected chi connectivity index (χ0v) is 11.2. The molecule has 86 valence electrons. The van der Waals surface area contributed by atoms with E-state index in [1.807, 2.05) is 0 Å². The van der Waals surface area contributed by atoms with Crippen molar-refractivity contribution in [2.45, 2.75) is 6.42 Å². The summed E-state index contributed by atoms with van der Waals surface area (Å²) in [5, 5.41) is 0.584. The fraction of sp³-hybridized carbons (Fsp3) is 0.167. The second kappa shape index (κ2) is 4.27. The first kappa shape index (κ1) is 11.0. The molecule has 2 heterocycles. The topological polar surface area (TPSA) is 29.0 Å². The highest BCUT2D eigenvalue weighted by molar-refractivity contribution is 9.10. The Morgan fingerprint density at radius 2 is 2.24 bits per heavy atom. The monoisotopic (exact) mass is 309 g/mol. The summed E-state index contributed by atoms with van der Waals surface area (Å²) in [5.41, 5.74) is 2.49. The van der Waals surface area contributed by atoms with E-state index in [2.05, 4.69) is 49.0 Å². The van der Waals surface area contributed by atoms with Gasteiger partial charge in [-0.25, -0.2) is 9.97 Å². The lowest BCUT2D eigenvalue weighted by atomic mass is 10.2. The molecule has 0 N–H and O–H groups in total. The highest BCUT2D eigenvalue weighted by Crippen LogP contribution is 2.37. The van der Waals surface area contributed by atoms with E-state index >= 15 is 0 Å². The van der Waals surface area contributed by atoms with Crippen molar-refractivity contribution in [1.82, 2.24) is 9.97 Å². The SMILES string of the molecule is Clc1cncnc1N1CCc2ccc(Br)cc21. The summed E-state index contributed by atoms with van der Waals surface area (Å²) in [6, 6.07) is 6.29. The van der Waals surface area contributed by atoms with Crippen molar-refractivity contribution in [2.75, 3.05) is 11.4 Å². The number of rotatable bonds is 1. The van der Waals surface area contributed by atoms with Crippen molar-refractivity contribution in [3.05, 3.63) is 45.8 Å². The first-order chi connectivity index (χ1) is 8.25. The zero-order chi connectivity index (χ0) is 11.8. The summed E-state index contributed by atoms with van der Waals surface area (Å²) in [6.07, 6.45) is 4.17. The number of aromatic nitrogens is 2. The van der Waals surface area contributed by atoms with Gasteiger partial charge in [-0.15, -0.1) is 0 Å². The Hall–Kier alpha value is -1.13. The van der Waals surface area contributed by atoms with E-state index in [0.29, 0.717) is 5.02 Å². The van der Waals surface area contributed by atoms with Crippen LogP contribution in [0.3, 0.4) is 0 Å². The van der Waals surface area contributed by atoms with Gasteiger partial charge in [-0.05, 0) is 24.1 Å². The molecular weight excluding hydrogens is 302 g/mol. The maximum atomic E-state index is 6.13. The highest BCUT2D eigenvalue weighted by atomic mass is 79.9.